The van der Waals surface area contributed by atoms with Crippen LogP contribution >= 0.6 is 22.9 Å². The number of anilines is 1. The molecule has 3 saturated heterocycles. The van der Waals surface area contributed by atoms with Crippen molar-refractivity contribution in [2.75, 3.05) is 70.6 Å². The highest BCUT2D eigenvalue weighted by Gasteiger charge is 2.33. The van der Waals surface area contributed by atoms with E-state index in [2.05, 4.69) is 24.7 Å². The second-order valence-electron chi connectivity index (χ2n) is 7.17. The van der Waals surface area contributed by atoms with Crippen molar-refractivity contribution >= 4 is 39.1 Å². The lowest BCUT2D eigenvalue weighted by Crippen LogP contribution is -2.60. The summed E-state index contributed by atoms with van der Waals surface area (Å²) in [6, 6.07) is 0.654. The first-order chi connectivity index (χ1) is 13.3. The Balaban J connectivity index is 1.29. The predicted molar refractivity (Wildman–Crippen MR) is 105 cm³/mol. The fourth-order valence-electron chi connectivity index (χ4n) is 3.92. The number of hydrogen-bond donors (Lipinski definition) is 0. The molecule has 0 saturated carbocycles. The van der Waals surface area contributed by atoms with Crippen molar-refractivity contribution in [3.63, 3.8) is 0 Å². The van der Waals surface area contributed by atoms with E-state index < -0.39 is 0 Å². The van der Waals surface area contributed by atoms with Gasteiger partial charge in [0, 0.05) is 45.3 Å². The number of ether oxygens (including phenoxy) is 2. The van der Waals surface area contributed by atoms with Gasteiger partial charge < -0.3 is 14.4 Å². The lowest BCUT2D eigenvalue weighted by molar-refractivity contribution is -0.0344. The van der Waals surface area contributed by atoms with Crippen molar-refractivity contribution in [3.05, 3.63) is 10.3 Å². The largest absolute Gasteiger partial charge is 0.379 e. The van der Waals surface area contributed by atoms with Gasteiger partial charge in [-0.25, -0.2) is 4.98 Å². The summed E-state index contributed by atoms with van der Waals surface area (Å²) in [5.41, 5.74) is 0.710. The minimum Gasteiger partial charge on any atom is -0.379 e. The average molecular weight is 411 g/mol. The topological polar surface area (TPSA) is 66.9 Å². The third-order valence-electron chi connectivity index (χ3n) is 5.42. The number of halogens is 1. The number of fused-ring (bicyclic) bond motifs is 1. The molecule has 10 heteroatoms. The van der Waals surface area contributed by atoms with Crippen LogP contribution in [-0.4, -0.2) is 96.5 Å². The molecule has 3 aliphatic rings. The highest BCUT2D eigenvalue weighted by molar-refractivity contribution is 7.19. The Morgan fingerprint density at radius 2 is 1.67 bits per heavy atom. The first kappa shape index (κ1) is 18.0. The van der Waals surface area contributed by atoms with Gasteiger partial charge in [0.1, 0.15) is 9.71 Å². The Labute approximate surface area is 167 Å². The fourth-order valence-corrected chi connectivity index (χ4v) is 5.14. The van der Waals surface area contributed by atoms with Crippen LogP contribution in [0.4, 0.5) is 5.82 Å². The van der Waals surface area contributed by atoms with Crippen molar-refractivity contribution in [1.29, 1.82) is 0 Å². The molecule has 3 aliphatic heterocycles. The molecule has 2 aromatic heterocycles. The summed E-state index contributed by atoms with van der Waals surface area (Å²) in [6.07, 6.45) is 0. The van der Waals surface area contributed by atoms with Crippen LogP contribution < -0.4 is 4.90 Å². The predicted octanol–water partition coefficient (Wildman–Crippen LogP) is 1.09. The standard InChI is InChI=1S/C17H23ClN6O2S/c18-17-20-15-14(16(21-17)24-3-7-26-8-4-24)27-13(19-15)11-22-9-12(10-22)23-1-5-25-6-2-23/h12H,1-11H2. The summed E-state index contributed by atoms with van der Waals surface area (Å²) in [4.78, 5) is 20.8. The first-order valence-corrected chi connectivity index (χ1v) is 10.7. The number of aromatic nitrogens is 3. The van der Waals surface area contributed by atoms with Gasteiger partial charge in [0.2, 0.25) is 5.28 Å². The third-order valence-corrected chi connectivity index (χ3v) is 6.62. The number of morpholine rings is 2. The maximum absolute atomic E-state index is 6.16. The molecule has 0 atom stereocenters. The molecule has 27 heavy (non-hydrogen) atoms. The van der Waals surface area contributed by atoms with Gasteiger partial charge in [-0.15, -0.1) is 11.3 Å². The summed E-state index contributed by atoms with van der Waals surface area (Å²) in [7, 11) is 0. The van der Waals surface area contributed by atoms with E-state index in [0.29, 0.717) is 24.9 Å². The van der Waals surface area contributed by atoms with Gasteiger partial charge in [-0.1, -0.05) is 0 Å². The molecule has 0 bridgehead atoms. The Morgan fingerprint density at radius 1 is 0.963 bits per heavy atom. The number of hydrogen-bond acceptors (Lipinski definition) is 9. The fraction of sp³-hybridized carbons (Fsp3) is 0.706. The highest BCUT2D eigenvalue weighted by atomic mass is 35.5. The first-order valence-electron chi connectivity index (χ1n) is 9.46. The van der Waals surface area contributed by atoms with E-state index >= 15 is 0 Å². The molecule has 146 valence electrons. The maximum Gasteiger partial charge on any atom is 0.226 e. The van der Waals surface area contributed by atoms with E-state index in [0.717, 1.165) is 74.6 Å². The zero-order chi connectivity index (χ0) is 18.2. The Kier molecular flexibility index (Phi) is 5.14. The molecule has 5 rings (SSSR count). The minimum absolute atomic E-state index is 0.261. The number of nitrogens with zero attached hydrogens (tertiary/aromatic N) is 6. The molecular formula is C17H23ClN6O2S. The maximum atomic E-state index is 6.16. The van der Waals surface area contributed by atoms with Crippen molar-refractivity contribution in [2.24, 2.45) is 0 Å². The Hall–Kier alpha value is -1.10. The van der Waals surface area contributed by atoms with Gasteiger partial charge in [-0.3, -0.25) is 9.80 Å². The molecule has 2 aromatic rings. The van der Waals surface area contributed by atoms with E-state index in [-0.39, 0.29) is 5.28 Å². The van der Waals surface area contributed by atoms with E-state index in [9.17, 15) is 0 Å². The molecule has 0 N–H and O–H groups in total. The van der Waals surface area contributed by atoms with Gasteiger partial charge in [0.05, 0.1) is 33.0 Å². The average Bonchev–Trinajstić information content (AvgIpc) is 3.07. The van der Waals surface area contributed by atoms with Crippen LogP contribution in [0, 0.1) is 0 Å². The lowest BCUT2D eigenvalue weighted by atomic mass is 10.1. The van der Waals surface area contributed by atoms with Crippen molar-refractivity contribution < 1.29 is 9.47 Å². The quantitative estimate of drug-likeness (QED) is 0.694. The van der Waals surface area contributed by atoms with Gasteiger partial charge in [-0.05, 0) is 11.6 Å². The number of rotatable bonds is 4. The number of likely N-dealkylation sites (tertiary alicyclic amines) is 1. The van der Waals surface area contributed by atoms with E-state index in [1.807, 2.05) is 0 Å². The zero-order valence-corrected chi connectivity index (χ0v) is 16.7. The zero-order valence-electron chi connectivity index (χ0n) is 15.1. The molecule has 0 aliphatic carbocycles. The van der Waals surface area contributed by atoms with Crippen LogP contribution in [0.15, 0.2) is 0 Å². The van der Waals surface area contributed by atoms with E-state index in [4.69, 9.17) is 26.1 Å². The second-order valence-corrected chi connectivity index (χ2v) is 8.59. The molecule has 3 fully saturated rings. The Morgan fingerprint density at radius 3 is 2.41 bits per heavy atom. The molecule has 0 amide bonds. The summed E-state index contributed by atoms with van der Waals surface area (Å²) < 4.78 is 11.9. The van der Waals surface area contributed by atoms with Gasteiger partial charge in [0.15, 0.2) is 11.5 Å². The molecule has 0 aromatic carbocycles. The normalized spacial score (nSPS) is 23.1. The van der Waals surface area contributed by atoms with Crippen molar-refractivity contribution in [1.82, 2.24) is 24.8 Å². The van der Waals surface area contributed by atoms with Crippen LogP contribution in [0.2, 0.25) is 5.28 Å². The third kappa shape index (κ3) is 3.76. The molecule has 0 spiro atoms. The summed E-state index contributed by atoms with van der Waals surface area (Å²) in [5.74, 6) is 0.895. The van der Waals surface area contributed by atoms with Crippen LogP contribution in [0.5, 0.6) is 0 Å². The Bertz CT molecular complexity index is 802. The summed E-state index contributed by atoms with van der Waals surface area (Å²) in [6.45, 7) is 9.95. The van der Waals surface area contributed by atoms with Gasteiger partial charge in [-0.2, -0.15) is 9.97 Å². The van der Waals surface area contributed by atoms with Crippen LogP contribution in [0.25, 0.3) is 10.3 Å². The SMILES string of the molecule is Clc1nc(N2CCOCC2)c2sc(CN3CC(N4CCOCC4)C3)nc2n1. The highest BCUT2D eigenvalue weighted by Crippen LogP contribution is 2.32. The molecule has 8 nitrogen and oxygen atoms in total. The van der Waals surface area contributed by atoms with Crippen LogP contribution in [-0.2, 0) is 16.0 Å². The lowest BCUT2D eigenvalue weighted by Gasteiger charge is -2.46. The molecule has 0 radical (unpaired) electrons. The molecule has 5 heterocycles. The molecular weight excluding hydrogens is 388 g/mol. The molecule has 0 unspecified atom stereocenters. The number of thiazole rings is 1. The van der Waals surface area contributed by atoms with Crippen LogP contribution in [0.1, 0.15) is 5.01 Å². The summed E-state index contributed by atoms with van der Waals surface area (Å²) in [5, 5.41) is 1.34. The monoisotopic (exact) mass is 410 g/mol. The summed E-state index contributed by atoms with van der Waals surface area (Å²) >= 11 is 7.85. The van der Waals surface area contributed by atoms with Gasteiger partial charge >= 0.3 is 0 Å². The van der Waals surface area contributed by atoms with E-state index in [1.54, 1.807) is 11.3 Å². The smallest absolute Gasteiger partial charge is 0.226 e. The second kappa shape index (κ2) is 7.73. The van der Waals surface area contributed by atoms with Gasteiger partial charge in [0.25, 0.3) is 0 Å². The van der Waals surface area contributed by atoms with Crippen molar-refractivity contribution in [2.45, 2.75) is 12.6 Å². The minimum atomic E-state index is 0.261. The van der Waals surface area contributed by atoms with Crippen LogP contribution in [0.3, 0.4) is 0 Å². The van der Waals surface area contributed by atoms with Crippen molar-refractivity contribution in [3.8, 4) is 0 Å². The van der Waals surface area contributed by atoms with E-state index in [1.165, 1.54) is 0 Å².